The van der Waals surface area contributed by atoms with E-state index in [4.69, 9.17) is 10.5 Å². The number of aryl methyl sites for hydroxylation is 1. The average molecular weight is 488 g/mol. The lowest BCUT2D eigenvalue weighted by molar-refractivity contribution is -0.132. The Hall–Kier alpha value is -3.94. The lowest BCUT2D eigenvalue weighted by Gasteiger charge is -2.47. The molecule has 0 aliphatic carbocycles. The third kappa shape index (κ3) is 4.17. The molecule has 0 unspecified atom stereocenters. The van der Waals surface area contributed by atoms with Crippen molar-refractivity contribution in [3.63, 3.8) is 0 Å². The van der Waals surface area contributed by atoms with Gasteiger partial charge in [0.1, 0.15) is 23.5 Å². The van der Waals surface area contributed by atoms with Gasteiger partial charge in [0.15, 0.2) is 0 Å². The van der Waals surface area contributed by atoms with Gasteiger partial charge in [-0.25, -0.2) is 15.0 Å². The van der Waals surface area contributed by atoms with Crippen LogP contribution in [-0.2, 0) is 11.8 Å². The summed E-state index contributed by atoms with van der Waals surface area (Å²) in [5.41, 5.74) is 9.17. The van der Waals surface area contributed by atoms with Crippen LogP contribution >= 0.6 is 0 Å². The number of likely N-dealkylation sites (tertiary alicyclic amines) is 2. The second kappa shape index (κ2) is 9.60. The van der Waals surface area contributed by atoms with Crippen molar-refractivity contribution in [2.45, 2.75) is 18.6 Å². The molecule has 0 bridgehead atoms. The number of fused-ring (bicyclic) bond motifs is 1. The first kappa shape index (κ1) is 23.8. The number of ether oxygens (including phenoxy) is 1. The lowest BCUT2D eigenvalue weighted by Crippen LogP contribution is -2.61. The third-order valence-electron chi connectivity index (χ3n) is 6.99. The fourth-order valence-corrected chi connectivity index (χ4v) is 5.06. The van der Waals surface area contributed by atoms with Gasteiger partial charge in [-0.15, -0.1) is 0 Å². The van der Waals surface area contributed by atoms with Crippen LogP contribution in [0.15, 0.2) is 37.2 Å². The van der Waals surface area contributed by atoms with E-state index in [1.54, 1.807) is 18.1 Å². The monoisotopic (exact) mass is 487 g/mol. The summed E-state index contributed by atoms with van der Waals surface area (Å²) >= 11 is 0. The molecule has 2 fully saturated rings. The van der Waals surface area contributed by atoms with Gasteiger partial charge in [0.2, 0.25) is 11.8 Å². The number of aromatic nitrogens is 4. The predicted molar refractivity (Wildman–Crippen MR) is 136 cm³/mol. The van der Waals surface area contributed by atoms with E-state index < -0.39 is 6.10 Å². The summed E-state index contributed by atoms with van der Waals surface area (Å²) in [6.07, 6.45) is 2.89. The molecule has 1 amide bonds. The number of aliphatic hydroxyl groups is 1. The third-order valence-corrected chi connectivity index (χ3v) is 6.99. The Balaban J connectivity index is 1.39. The van der Waals surface area contributed by atoms with E-state index in [0.29, 0.717) is 41.5 Å². The van der Waals surface area contributed by atoms with Crippen LogP contribution in [0.2, 0.25) is 0 Å². The van der Waals surface area contributed by atoms with Crippen LogP contribution in [0.1, 0.15) is 12.1 Å². The molecule has 0 aromatic carbocycles. The van der Waals surface area contributed by atoms with E-state index in [1.807, 2.05) is 23.7 Å². The normalized spacial score (nSPS) is 20.5. The highest BCUT2D eigenvalue weighted by Gasteiger charge is 2.38. The number of nitrogens with zero attached hydrogens (tertiary/aromatic N) is 6. The van der Waals surface area contributed by atoms with Crippen molar-refractivity contribution in [3.8, 4) is 29.0 Å². The first-order valence-electron chi connectivity index (χ1n) is 11.9. The number of nitrogen functional groups attached to an aromatic ring is 1. The number of aliphatic hydroxyl groups excluding tert-OH is 1. The number of nitrogens with two attached hydrogens (primary N) is 1. The molecule has 3 aromatic heterocycles. The van der Waals surface area contributed by atoms with Gasteiger partial charge < -0.3 is 25.0 Å². The van der Waals surface area contributed by atoms with E-state index in [1.165, 1.54) is 12.4 Å². The fourth-order valence-electron chi connectivity index (χ4n) is 5.06. The van der Waals surface area contributed by atoms with Crippen LogP contribution in [0.4, 0.5) is 5.82 Å². The lowest BCUT2D eigenvalue weighted by atomic mass is 9.92. The van der Waals surface area contributed by atoms with Crippen molar-refractivity contribution >= 4 is 22.8 Å². The average Bonchev–Trinajstić information content (AvgIpc) is 3.16. The van der Waals surface area contributed by atoms with Gasteiger partial charge in [-0.05, 0) is 24.5 Å². The summed E-state index contributed by atoms with van der Waals surface area (Å²) in [5, 5.41) is 11.3. The molecule has 2 aliphatic rings. The maximum absolute atomic E-state index is 11.9. The van der Waals surface area contributed by atoms with Gasteiger partial charge in [0, 0.05) is 56.8 Å². The second-order valence-electron chi connectivity index (χ2n) is 9.14. The Kier molecular flexibility index (Phi) is 6.35. The molecule has 3 N–H and O–H groups in total. The Labute approximate surface area is 209 Å². The van der Waals surface area contributed by atoms with E-state index in [9.17, 15) is 9.90 Å². The van der Waals surface area contributed by atoms with E-state index in [0.717, 1.165) is 30.8 Å². The van der Waals surface area contributed by atoms with Gasteiger partial charge in [-0.2, -0.15) is 0 Å². The van der Waals surface area contributed by atoms with Crippen molar-refractivity contribution in [1.82, 2.24) is 29.3 Å². The molecule has 2 atom stereocenters. The minimum Gasteiger partial charge on any atom is -0.481 e. The highest BCUT2D eigenvalue weighted by Crippen LogP contribution is 2.35. The number of amides is 1. The number of rotatable bonds is 4. The van der Waals surface area contributed by atoms with Gasteiger partial charge in [-0.3, -0.25) is 9.69 Å². The van der Waals surface area contributed by atoms with Crippen molar-refractivity contribution in [1.29, 1.82) is 0 Å². The van der Waals surface area contributed by atoms with E-state index >= 15 is 0 Å². The molecular weight excluding hydrogens is 458 g/mol. The Morgan fingerprint density at radius 2 is 2.11 bits per heavy atom. The van der Waals surface area contributed by atoms with Gasteiger partial charge >= 0.3 is 0 Å². The Bertz CT molecular complexity index is 1380. The Morgan fingerprint density at radius 3 is 2.83 bits per heavy atom. The minimum atomic E-state index is -0.581. The van der Waals surface area contributed by atoms with E-state index in [-0.39, 0.29) is 17.9 Å². The van der Waals surface area contributed by atoms with Crippen LogP contribution in [0.5, 0.6) is 5.88 Å². The molecule has 0 spiro atoms. The molecule has 3 aromatic rings. The molecule has 5 heterocycles. The summed E-state index contributed by atoms with van der Waals surface area (Å²) in [7, 11) is 3.48. The molecule has 36 heavy (non-hydrogen) atoms. The first-order valence-corrected chi connectivity index (χ1v) is 11.9. The largest absolute Gasteiger partial charge is 0.481 e. The highest BCUT2D eigenvalue weighted by atomic mass is 16.5. The second-order valence-corrected chi connectivity index (χ2v) is 9.14. The van der Waals surface area contributed by atoms with E-state index in [2.05, 4.69) is 38.3 Å². The number of methoxy groups -OCH3 is 1. The summed E-state index contributed by atoms with van der Waals surface area (Å²) in [6.45, 7) is 6.02. The fraction of sp³-hybridized carbons (Fsp3) is 0.385. The zero-order valence-electron chi connectivity index (χ0n) is 20.4. The van der Waals surface area contributed by atoms with Crippen molar-refractivity contribution < 1.29 is 14.6 Å². The summed E-state index contributed by atoms with van der Waals surface area (Å²) < 4.78 is 7.25. The number of carbonyl (C=O) groups is 1. The number of hydrogen-bond donors (Lipinski definition) is 2. The molecule has 2 aliphatic heterocycles. The zero-order valence-corrected chi connectivity index (χ0v) is 20.4. The topological polar surface area (TPSA) is 123 Å². The van der Waals surface area contributed by atoms with Crippen LogP contribution in [0.3, 0.4) is 0 Å². The Morgan fingerprint density at radius 1 is 1.31 bits per heavy atom. The van der Waals surface area contributed by atoms with Crippen LogP contribution in [0, 0.1) is 17.8 Å². The van der Waals surface area contributed by atoms with Crippen molar-refractivity contribution in [2.75, 3.05) is 39.0 Å². The highest BCUT2D eigenvalue weighted by molar-refractivity contribution is 6.02. The van der Waals surface area contributed by atoms with Crippen LogP contribution in [-0.4, -0.2) is 85.8 Å². The van der Waals surface area contributed by atoms with Crippen LogP contribution < -0.4 is 10.5 Å². The van der Waals surface area contributed by atoms with Crippen LogP contribution in [0.25, 0.3) is 22.3 Å². The van der Waals surface area contributed by atoms with Gasteiger partial charge in [-0.1, -0.05) is 18.6 Å². The van der Waals surface area contributed by atoms with Crippen molar-refractivity contribution in [3.05, 3.63) is 42.9 Å². The molecule has 0 saturated carbocycles. The number of carbonyl (C=O) groups excluding carboxylic acids is 1. The zero-order chi connectivity index (χ0) is 25.4. The summed E-state index contributed by atoms with van der Waals surface area (Å²) in [4.78, 5) is 29.0. The number of anilines is 1. The molecule has 186 valence electrons. The molecular formula is C26H29N7O3. The summed E-state index contributed by atoms with van der Waals surface area (Å²) in [6, 6.07) is 5.58. The number of piperidine rings is 1. The van der Waals surface area contributed by atoms with Gasteiger partial charge in [0.25, 0.3) is 0 Å². The quantitative estimate of drug-likeness (QED) is 0.414. The molecule has 10 heteroatoms. The molecule has 10 nitrogen and oxygen atoms in total. The molecule has 2 saturated heterocycles. The van der Waals surface area contributed by atoms with Crippen molar-refractivity contribution in [2.24, 2.45) is 13.0 Å². The first-order chi connectivity index (χ1) is 17.4. The smallest absolute Gasteiger partial charge is 0.246 e. The molecule has 5 rings (SSSR count). The number of hydrogen-bond acceptors (Lipinski definition) is 8. The number of pyridine rings is 1. The standard InChI is InChI=1S/C26H29N7O3/c1-4-22(35)32-11-10-18(20(34)14-32)33-12-16(13-33)8-9-19-23(17-6-5-7-21(30-17)36-3)24-25(27)28-15-29-26(24)31(19)2/h4-7,15-16,18,20,34H,1,10-14H2,2-3H3,(H2,27,28,29)/t18-,20+/m1/s1. The predicted octanol–water partition coefficient (Wildman–Crippen LogP) is 1.05. The van der Waals surface area contributed by atoms with Gasteiger partial charge in [0.05, 0.1) is 24.3 Å². The molecule has 0 radical (unpaired) electrons. The maximum atomic E-state index is 11.9. The minimum absolute atomic E-state index is 0.0288. The number of β-amino-alcohol motifs (C(OH)–C–C–N with tert-alkyl or cyclic N) is 1. The summed E-state index contributed by atoms with van der Waals surface area (Å²) in [5.74, 6) is 7.64. The SMILES string of the molecule is C=CC(=O)N1CC[C@@H](N2CC(C#Cc3c(-c4cccc(OC)n4)c4c(N)ncnc4n3C)C2)[C@@H](O)C1. The maximum Gasteiger partial charge on any atom is 0.246 e.